The van der Waals surface area contributed by atoms with Gasteiger partial charge in [-0.15, -0.1) is 0 Å². The first-order valence-electron chi connectivity index (χ1n) is 5.66. The van der Waals surface area contributed by atoms with E-state index in [1.165, 1.54) is 12.5 Å². The molecule has 0 aliphatic heterocycles. The number of aromatic nitrogens is 1. The van der Waals surface area contributed by atoms with Gasteiger partial charge < -0.3 is 9.73 Å². The zero-order valence-corrected chi connectivity index (χ0v) is 10.5. The number of aryl methyl sites for hydroxylation is 1. The van der Waals surface area contributed by atoms with Crippen LogP contribution in [0.25, 0.3) is 0 Å². The lowest BCUT2D eigenvalue weighted by molar-refractivity contribution is -0.137. The number of hydrogen-bond donors (Lipinski definition) is 1. The summed E-state index contributed by atoms with van der Waals surface area (Å²) in [7, 11) is 0. The summed E-state index contributed by atoms with van der Waals surface area (Å²) in [5.41, 5.74) is -0.289. The Morgan fingerprint density at radius 2 is 2.15 bits per heavy atom. The maximum atomic E-state index is 12.6. The number of rotatable bonds is 3. The molecule has 104 valence electrons. The number of hydrogen-bond acceptors (Lipinski definition) is 4. The smallest absolute Gasteiger partial charge is 0.417 e. The molecule has 1 N–H and O–H groups in total. The number of halogens is 3. The second kappa shape index (κ2) is 5.25. The molecular weight excluding hydrogens is 271 g/mol. The predicted octanol–water partition coefficient (Wildman–Crippen LogP) is 3.49. The standard InChI is InChI=1S/C13H10F3N3O/c1-8-12(19-7-20-8)6-18-10-2-3-11(13(14,15)16)9(4-10)5-17/h2-4,7,18H,6H2,1H3. The highest BCUT2D eigenvalue weighted by atomic mass is 19.4. The van der Waals surface area contributed by atoms with Gasteiger partial charge in [0, 0.05) is 5.69 Å². The lowest BCUT2D eigenvalue weighted by atomic mass is 10.1. The molecule has 0 spiro atoms. The first-order chi connectivity index (χ1) is 9.41. The highest BCUT2D eigenvalue weighted by molar-refractivity contribution is 5.53. The second-order valence-electron chi connectivity index (χ2n) is 4.08. The summed E-state index contributed by atoms with van der Waals surface area (Å²) < 4.78 is 42.9. The van der Waals surface area contributed by atoms with Gasteiger partial charge in [0.15, 0.2) is 6.39 Å². The SMILES string of the molecule is Cc1ocnc1CNc1ccc(C(F)(F)F)c(C#N)c1. The Bertz CT molecular complexity index is 656. The molecule has 0 amide bonds. The molecule has 0 aliphatic carbocycles. The summed E-state index contributed by atoms with van der Waals surface area (Å²) in [6.45, 7) is 2.04. The van der Waals surface area contributed by atoms with Gasteiger partial charge in [0.05, 0.1) is 23.7 Å². The summed E-state index contributed by atoms with van der Waals surface area (Å²) in [5.74, 6) is 0.630. The predicted molar refractivity (Wildman–Crippen MR) is 64.7 cm³/mol. The van der Waals surface area contributed by atoms with Crippen molar-refractivity contribution in [2.24, 2.45) is 0 Å². The summed E-state index contributed by atoms with van der Waals surface area (Å²) in [6, 6.07) is 4.88. The van der Waals surface area contributed by atoms with E-state index in [1.807, 2.05) is 0 Å². The third-order valence-electron chi connectivity index (χ3n) is 2.75. The Morgan fingerprint density at radius 3 is 2.70 bits per heavy atom. The third-order valence-corrected chi connectivity index (χ3v) is 2.75. The minimum Gasteiger partial charge on any atom is -0.448 e. The van der Waals surface area contributed by atoms with Crippen molar-refractivity contribution in [2.45, 2.75) is 19.6 Å². The molecule has 1 heterocycles. The Kier molecular flexibility index (Phi) is 3.66. The molecule has 1 aromatic heterocycles. The fourth-order valence-electron chi connectivity index (χ4n) is 1.68. The number of nitrogens with zero attached hydrogens (tertiary/aromatic N) is 2. The van der Waals surface area contributed by atoms with Crippen LogP contribution >= 0.6 is 0 Å². The molecule has 4 nitrogen and oxygen atoms in total. The maximum absolute atomic E-state index is 12.6. The molecule has 2 aromatic rings. The first kappa shape index (κ1) is 13.9. The largest absolute Gasteiger partial charge is 0.448 e. The van der Waals surface area contributed by atoms with E-state index in [9.17, 15) is 13.2 Å². The van der Waals surface area contributed by atoms with Crippen molar-refractivity contribution in [3.05, 3.63) is 47.2 Å². The van der Waals surface area contributed by atoms with Crippen molar-refractivity contribution in [1.82, 2.24) is 4.98 Å². The van der Waals surface area contributed by atoms with Crippen LogP contribution in [0.4, 0.5) is 18.9 Å². The Balaban J connectivity index is 2.19. The second-order valence-corrected chi connectivity index (χ2v) is 4.08. The molecule has 0 atom stereocenters. The monoisotopic (exact) mass is 281 g/mol. The molecule has 0 fully saturated rings. The van der Waals surface area contributed by atoms with E-state index in [0.717, 1.165) is 12.1 Å². The fraction of sp³-hybridized carbons (Fsp3) is 0.231. The minimum absolute atomic E-state index is 0.304. The van der Waals surface area contributed by atoms with Gasteiger partial charge in [-0.25, -0.2) is 4.98 Å². The molecule has 2 rings (SSSR count). The molecule has 0 bridgehead atoms. The number of nitrogens with one attached hydrogen (secondary N) is 1. The van der Waals surface area contributed by atoms with E-state index >= 15 is 0 Å². The van der Waals surface area contributed by atoms with Crippen LogP contribution < -0.4 is 5.32 Å². The van der Waals surface area contributed by atoms with Gasteiger partial charge in [0.2, 0.25) is 0 Å². The molecule has 20 heavy (non-hydrogen) atoms. The average molecular weight is 281 g/mol. The van der Waals surface area contributed by atoms with E-state index in [1.54, 1.807) is 13.0 Å². The summed E-state index contributed by atoms with van der Waals surface area (Å²) in [6.07, 6.45) is -3.24. The van der Waals surface area contributed by atoms with Gasteiger partial charge in [0.1, 0.15) is 11.5 Å². The van der Waals surface area contributed by atoms with Crippen LogP contribution in [0.2, 0.25) is 0 Å². The van der Waals surface area contributed by atoms with E-state index in [0.29, 0.717) is 23.7 Å². The topological polar surface area (TPSA) is 61.9 Å². The lowest BCUT2D eigenvalue weighted by Gasteiger charge is -2.11. The van der Waals surface area contributed by atoms with Gasteiger partial charge in [-0.1, -0.05) is 0 Å². The van der Waals surface area contributed by atoms with Gasteiger partial charge in [0.25, 0.3) is 0 Å². The number of oxazole rings is 1. The van der Waals surface area contributed by atoms with Crippen molar-refractivity contribution in [3.8, 4) is 6.07 Å². The Hall–Kier alpha value is -2.49. The number of anilines is 1. The summed E-state index contributed by atoms with van der Waals surface area (Å²) in [4.78, 5) is 3.96. The molecule has 0 aliphatic rings. The van der Waals surface area contributed by atoms with E-state index < -0.39 is 17.3 Å². The summed E-state index contributed by atoms with van der Waals surface area (Å²) >= 11 is 0. The molecule has 0 saturated carbocycles. The van der Waals surface area contributed by atoms with Gasteiger partial charge in [-0.2, -0.15) is 18.4 Å². The molecule has 0 saturated heterocycles. The highest BCUT2D eigenvalue weighted by Gasteiger charge is 2.33. The third kappa shape index (κ3) is 2.91. The molecule has 0 radical (unpaired) electrons. The zero-order chi connectivity index (χ0) is 14.8. The number of alkyl halides is 3. The van der Waals surface area contributed by atoms with Crippen LogP contribution in [0.15, 0.2) is 29.0 Å². The van der Waals surface area contributed by atoms with E-state index in [4.69, 9.17) is 9.68 Å². The molecule has 1 aromatic carbocycles. The first-order valence-corrected chi connectivity index (χ1v) is 5.66. The fourth-order valence-corrected chi connectivity index (χ4v) is 1.68. The quantitative estimate of drug-likeness (QED) is 0.935. The number of benzene rings is 1. The van der Waals surface area contributed by atoms with Crippen LogP contribution in [-0.4, -0.2) is 4.98 Å². The van der Waals surface area contributed by atoms with E-state index in [2.05, 4.69) is 10.3 Å². The normalized spacial score (nSPS) is 11.2. The van der Waals surface area contributed by atoms with Crippen molar-refractivity contribution < 1.29 is 17.6 Å². The molecule has 0 unspecified atom stereocenters. The van der Waals surface area contributed by atoms with Crippen LogP contribution in [0.3, 0.4) is 0 Å². The molecular formula is C13H10F3N3O. The van der Waals surface area contributed by atoms with Crippen molar-refractivity contribution in [3.63, 3.8) is 0 Å². The van der Waals surface area contributed by atoms with Crippen LogP contribution in [-0.2, 0) is 12.7 Å². The van der Waals surface area contributed by atoms with Gasteiger partial charge >= 0.3 is 6.18 Å². The van der Waals surface area contributed by atoms with Crippen LogP contribution in [0, 0.1) is 18.3 Å². The zero-order valence-electron chi connectivity index (χ0n) is 10.5. The average Bonchev–Trinajstić information content (AvgIpc) is 2.80. The highest BCUT2D eigenvalue weighted by Crippen LogP contribution is 2.33. The van der Waals surface area contributed by atoms with Crippen LogP contribution in [0.5, 0.6) is 0 Å². The summed E-state index contributed by atoms with van der Waals surface area (Å²) in [5, 5.41) is 11.7. The Labute approximate surface area is 112 Å². The molecule has 7 heteroatoms. The Morgan fingerprint density at radius 1 is 1.40 bits per heavy atom. The van der Waals surface area contributed by atoms with Crippen molar-refractivity contribution >= 4 is 5.69 Å². The van der Waals surface area contributed by atoms with Crippen molar-refractivity contribution in [2.75, 3.05) is 5.32 Å². The van der Waals surface area contributed by atoms with E-state index in [-0.39, 0.29) is 0 Å². The van der Waals surface area contributed by atoms with Gasteiger partial charge in [-0.3, -0.25) is 0 Å². The minimum atomic E-state index is -4.54. The lowest BCUT2D eigenvalue weighted by Crippen LogP contribution is -2.09. The van der Waals surface area contributed by atoms with Crippen LogP contribution in [0.1, 0.15) is 22.6 Å². The maximum Gasteiger partial charge on any atom is 0.417 e. The number of nitriles is 1. The van der Waals surface area contributed by atoms with Crippen molar-refractivity contribution in [1.29, 1.82) is 5.26 Å². The van der Waals surface area contributed by atoms with Gasteiger partial charge in [-0.05, 0) is 25.1 Å².